The summed E-state index contributed by atoms with van der Waals surface area (Å²) in [5.74, 6) is -0.334. The fourth-order valence-corrected chi connectivity index (χ4v) is 1.98. The highest BCUT2D eigenvalue weighted by molar-refractivity contribution is 5.66. The number of aliphatic hydroxyl groups excluding tert-OH is 1. The summed E-state index contributed by atoms with van der Waals surface area (Å²) < 4.78 is 0. The van der Waals surface area contributed by atoms with E-state index in [4.69, 9.17) is 5.11 Å². The highest BCUT2D eigenvalue weighted by Crippen LogP contribution is 2.05. The minimum atomic E-state index is -0.741. The summed E-state index contributed by atoms with van der Waals surface area (Å²) in [6.45, 7) is 2.20. The first-order valence-electron chi connectivity index (χ1n) is 8.73. The predicted molar refractivity (Wildman–Crippen MR) is 97.6 cm³/mol. The molecule has 3 nitrogen and oxygen atoms in total. The summed E-state index contributed by atoms with van der Waals surface area (Å²) in [5, 5.41) is 18.2. The molecule has 23 heavy (non-hydrogen) atoms. The number of unbranched alkanes of at least 4 members (excludes halogenated alkanes) is 4. The van der Waals surface area contributed by atoms with Crippen LogP contribution in [0, 0.1) is 0 Å². The molecule has 0 aromatic rings. The van der Waals surface area contributed by atoms with Gasteiger partial charge in [0, 0.05) is 12.8 Å². The summed E-state index contributed by atoms with van der Waals surface area (Å²) in [7, 11) is 0. The second kappa shape index (κ2) is 16.6. The Morgan fingerprint density at radius 3 is 2.26 bits per heavy atom. The fraction of sp³-hybridized carbons (Fsp3) is 0.550. The highest BCUT2D eigenvalue weighted by atomic mass is 16.4. The molecule has 0 radical (unpaired) electrons. The largest absolute Gasteiger partial charge is 0.512 e. The Hall–Kier alpha value is -1.77. The maximum atomic E-state index is 10.3. The van der Waals surface area contributed by atoms with Crippen LogP contribution in [-0.4, -0.2) is 16.2 Å². The maximum Gasteiger partial charge on any atom is 0.303 e. The lowest BCUT2D eigenvalue weighted by molar-refractivity contribution is -0.137. The van der Waals surface area contributed by atoms with E-state index in [9.17, 15) is 9.90 Å². The summed E-state index contributed by atoms with van der Waals surface area (Å²) in [6.07, 6.45) is 22.9. The Labute approximate surface area is 141 Å². The molecule has 3 heteroatoms. The SMILES string of the molecule is CCCCC/C=C\CC/C(O)=C/C=C\C/C=C\CCCC(=O)O. The zero-order valence-electron chi connectivity index (χ0n) is 14.4. The van der Waals surface area contributed by atoms with Gasteiger partial charge in [-0.15, -0.1) is 0 Å². The van der Waals surface area contributed by atoms with Crippen LogP contribution in [0.4, 0.5) is 0 Å². The Kier molecular flexibility index (Phi) is 15.3. The molecule has 0 aliphatic carbocycles. The van der Waals surface area contributed by atoms with Gasteiger partial charge in [-0.25, -0.2) is 0 Å². The number of rotatable bonds is 14. The number of allylic oxidation sites excluding steroid dienone is 8. The van der Waals surface area contributed by atoms with Gasteiger partial charge in [0.2, 0.25) is 0 Å². The van der Waals surface area contributed by atoms with Crippen molar-refractivity contribution in [2.24, 2.45) is 0 Å². The highest BCUT2D eigenvalue weighted by Gasteiger charge is 1.92. The van der Waals surface area contributed by atoms with Crippen LogP contribution < -0.4 is 0 Å². The Balaban J connectivity index is 3.64. The molecule has 0 heterocycles. The summed E-state index contributed by atoms with van der Waals surface area (Å²) in [6, 6.07) is 0. The van der Waals surface area contributed by atoms with E-state index in [0.29, 0.717) is 18.6 Å². The smallest absolute Gasteiger partial charge is 0.303 e. The third-order valence-electron chi connectivity index (χ3n) is 3.33. The third kappa shape index (κ3) is 18.2. The van der Waals surface area contributed by atoms with Crippen molar-refractivity contribution in [3.63, 3.8) is 0 Å². The quantitative estimate of drug-likeness (QED) is 0.176. The van der Waals surface area contributed by atoms with Gasteiger partial charge in [0.1, 0.15) is 0 Å². The van der Waals surface area contributed by atoms with E-state index in [-0.39, 0.29) is 6.42 Å². The molecule has 0 aromatic heterocycles. The molecule has 0 atom stereocenters. The molecular formula is C20H32O3. The van der Waals surface area contributed by atoms with Crippen LogP contribution in [0.2, 0.25) is 0 Å². The van der Waals surface area contributed by atoms with Gasteiger partial charge in [-0.3, -0.25) is 4.79 Å². The number of hydrogen-bond acceptors (Lipinski definition) is 2. The van der Waals surface area contributed by atoms with Gasteiger partial charge < -0.3 is 10.2 Å². The lowest BCUT2D eigenvalue weighted by atomic mass is 10.1. The first kappa shape index (κ1) is 21.2. The Bertz CT molecular complexity index is 403. The molecule has 0 unspecified atom stereocenters. The van der Waals surface area contributed by atoms with Gasteiger partial charge in [-0.05, 0) is 44.6 Å². The molecule has 0 aromatic carbocycles. The van der Waals surface area contributed by atoms with E-state index in [1.54, 1.807) is 6.08 Å². The molecule has 0 aliphatic heterocycles. The summed E-state index contributed by atoms with van der Waals surface area (Å²) >= 11 is 0. The Morgan fingerprint density at radius 1 is 0.826 bits per heavy atom. The molecule has 0 rings (SSSR count). The number of carboxylic acid groups (broad SMARTS) is 1. The number of aliphatic hydroxyl groups is 1. The maximum absolute atomic E-state index is 10.3. The lowest BCUT2D eigenvalue weighted by Gasteiger charge is -1.95. The summed E-state index contributed by atoms with van der Waals surface area (Å²) in [4.78, 5) is 10.3. The van der Waals surface area contributed by atoms with Crippen LogP contribution in [0.5, 0.6) is 0 Å². The van der Waals surface area contributed by atoms with Crippen LogP contribution in [0.1, 0.15) is 71.1 Å². The zero-order chi connectivity index (χ0) is 17.2. The molecule has 130 valence electrons. The third-order valence-corrected chi connectivity index (χ3v) is 3.33. The van der Waals surface area contributed by atoms with E-state index in [1.807, 2.05) is 24.3 Å². The second-order valence-corrected chi connectivity index (χ2v) is 5.59. The van der Waals surface area contributed by atoms with Crippen LogP contribution >= 0.6 is 0 Å². The van der Waals surface area contributed by atoms with Crippen molar-refractivity contribution >= 4 is 5.97 Å². The lowest BCUT2D eigenvalue weighted by Crippen LogP contribution is -1.92. The van der Waals surface area contributed by atoms with Gasteiger partial charge in [0.25, 0.3) is 0 Å². The van der Waals surface area contributed by atoms with Crippen molar-refractivity contribution in [3.8, 4) is 0 Å². The van der Waals surface area contributed by atoms with Gasteiger partial charge in [0.05, 0.1) is 5.76 Å². The van der Waals surface area contributed by atoms with Crippen LogP contribution in [0.15, 0.2) is 48.3 Å². The first-order chi connectivity index (χ1) is 11.2. The molecule has 0 amide bonds. The average molecular weight is 320 g/mol. The molecule has 0 saturated heterocycles. The number of carboxylic acids is 1. The number of carbonyl (C=O) groups is 1. The van der Waals surface area contributed by atoms with E-state index in [2.05, 4.69) is 19.1 Å². The van der Waals surface area contributed by atoms with E-state index in [0.717, 1.165) is 25.7 Å². The normalized spacial score (nSPS) is 12.8. The monoisotopic (exact) mass is 320 g/mol. The van der Waals surface area contributed by atoms with Crippen molar-refractivity contribution in [2.45, 2.75) is 71.1 Å². The standard InChI is InChI=1S/C20H32O3/c1-2-3-4-5-7-10-13-16-19(21)17-14-11-8-6-9-12-15-18-20(22)23/h6-7,9-11,14,17,21H,2-5,8,12-13,15-16,18H2,1H3,(H,22,23)/b9-6-,10-7-,14-11-,19-17-. The van der Waals surface area contributed by atoms with Crippen LogP contribution in [0.25, 0.3) is 0 Å². The van der Waals surface area contributed by atoms with Crippen molar-refractivity contribution in [1.29, 1.82) is 0 Å². The molecular weight excluding hydrogens is 288 g/mol. The fourth-order valence-electron chi connectivity index (χ4n) is 1.98. The predicted octanol–water partition coefficient (Wildman–Crippen LogP) is 6.10. The first-order valence-corrected chi connectivity index (χ1v) is 8.73. The summed E-state index contributed by atoms with van der Waals surface area (Å²) in [5.41, 5.74) is 0. The number of hydrogen-bond donors (Lipinski definition) is 2. The van der Waals surface area contributed by atoms with Gasteiger partial charge in [0.15, 0.2) is 0 Å². The molecule has 0 bridgehead atoms. The molecule has 0 saturated carbocycles. The van der Waals surface area contributed by atoms with Gasteiger partial charge in [-0.2, -0.15) is 0 Å². The minimum absolute atomic E-state index is 0.226. The van der Waals surface area contributed by atoms with Gasteiger partial charge in [-0.1, -0.05) is 56.2 Å². The van der Waals surface area contributed by atoms with Crippen molar-refractivity contribution in [1.82, 2.24) is 0 Å². The molecule has 0 spiro atoms. The zero-order valence-corrected chi connectivity index (χ0v) is 14.4. The average Bonchev–Trinajstić information content (AvgIpc) is 2.52. The van der Waals surface area contributed by atoms with Crippen LogP contribution in [0.3, 0.4) is 0 Å². The van der Waals surface area contributed by atoms with E-state index in [1.165, 1.54) is 19.3 Å². The van der Waals surface area contributed by atoms with Crippen molar-refractivity contribution in [2.75, 3.05) is 0 Å². The molecule has 0 aliphatic rings. The Morgan fingerprint density at radius 2 is 1.52 bits per heavy atom. The van der Waals surface area contributed by atoms with Crippen molar-refractivity contribution < 1.29 is 15.0 Å². The minimum Gasteiger partial charge on any atom is -0.512 e. The molecule has 2 N–H and O–H groups in total. The van der Waals surface area contributed by atoms with Gasteiger partial charge >= 0.3 is 5.97 Å². The second-order valence-electron chi connectivity index (χ2n) is 5.59. The van der Waals surface area contributed by atoms with Crippen LogP contribution in [-0.2, 0) is 4.79 Å². The topological polar surface area (TPSA) is 57.5 Å². The van der Waals surface area contributed by atoms with E-state index >= 15 is 0 Å². The van der Waals surface area contributed by atoms with E-state index < -0.39 is 5.97 Å². The molecule has 0 fully saturated rings. The van der Waals surface area contributed by atoms with Crippen molar-refractivity contribution in [3.05, 3.63) is 48.3 Å². The number of aliphatic carboxylic acids is 1.